The Morgan fingerprint density at radius 1 is 0.702 bits per heavy atom. The van der Waals surface area contributed by atoms with E-state index < -0.39 is 72.2 Å². The van der Waals surface area contributed by atoms with E-state index >= 15 is 0 Å². The number of cyclic esters (lactones) is 1. The standard InChI is InChI=1S/C96H126N18O17/c1-58-15-11-10-12-16-59(2)78(124-7)49-72-24-18-60(3)85(128-72)84(119)91(121)113-30-14-13-17-74(113)92(122)129-71(25-20-64-21-26-75(115)79(46-64)125-8)48-76(116)61(4)44-63(6)86(87(126-9)83(118)62(5)43-58)131-96(123)103-52-66-50-99-94(100-51-66)111-38-36-109(37-39-111)80(117)29-41-127-42-40-108-32-34-110(35-33-108)95-101-53-70(54-102-95)90(120)112-31-28-67-45-65(19-22-69(67)56-112)55-114-89-81(88(97)104-57-105-89)82(107-114)68-23-27-77-73(47-68)106-93(98)130-77/h10-12,15-16,19,22-23,27,44-45,47,50-51,53-54,57-58,60-62,64,71-72,74-75,78-79,85-87,115H,13-14,17-18,20-21,24-26,28-43,46,48-49,52,55-56H2,1-9H3,(H2,98,106)(H,103,123)(H2,97,104,105)/b12-10+,15-11+,59-16+,63-44+/t58-,60-,61-,62-,64-,71-,72?,74+,75-,78+,79-,85?,86-,87+/m1/s1. The molecule has 5 aromatic heterocycles. The van der Waals surface area contributed by atoms with Gasteiger partial charge in [0.1, 0.15) is 47.4 Å². The number of nitrogens with zero attached hydrogens (tertiary/aromatic N) is 15. The molecule has 35 nitrogen and oxygen atoms in total. The number of nitrogens with one attached hydrogen (secondary N) is 1. The number of fused-ring (bicyclic) bond motifs is 6. The summed E-state index contributed by atoms with van der Waals surface area (Å²) in [6.45, 7) is 18.9. The van der Waals surface area contributed by atoms with Crippen molar-refractivity contribution in [3.63, 3.8) is 0 Å². The van der Waals surface area contributed by atoms with Crippen molar-refractivity contribution in [3.8, 4) is 11.3 Å². The molecule has 14 atom stereocenters. The van der Waals surface area contributed by atoms with Crippen LogP contribution in [-0.2, 0) is 88.0 Å². The molecule has 14 rings (SSSR count). The van der Waals surface area contributed by atoms with Crippen molar-refractivity contribution < 1.29 is 81.0 Å². The predicted molar refractivity (Wildman–Crippen MR) is 489 cm³/mol. The highest BCUT2D eigenvalue weighted by Gasteiger charge is 2.45. The van der Waals surface area contributed by atoms with Crippen molar-refractivity contribution >= 4 is 93.0 Å². The molecule has 1 saturated carbocycles. The summed E-state index contributed by atoms with van der Waals surface area (Å²) in [5.74, 6) is -3.37. The Bertz CT molecular complexity index is 5300. The smallest absolute Gasteiger partial charge is 0.408 e. The van der Waals surface area contributed by atoms with Crippen LogP contribution in [0.4, 0.5) is 28.5 Å². The summed E-state index contributed by atoms with van der Waals surface area (Å²) in [7, 11) is 4.57. The van der Waals surface area contributed by atoms with Gasteiger partial charge in [-0.15, -0.1) is 0 Å². The van der Waals surface area contributed by atoms with Gasteiger partial charge in [-0.2, -0.15) is 10.1 Å². The first-order valence-electron chi connectivity index (χ1n) is 46.2. The van der Waals surface area contributed by atoms with Crippen LogP contribution < -0.4 is 26.6 Å². The number of hydrogen-bond donors (Lipinski definition) is 4. The largest absolute Gasteiger partial charge is 0.460 e. The zero-order chi connectivity index (χ0) is 92.5. The van der Waals surface area contributed by atoms with E-state index in [0.717, 1.165) is 40.9 Å². The summed E-state index contributed by atoms with van der Waals surface area (Å²) in [6, 6.07) is 10.8. The van der Waals surface area contributed by atoms with Gasteiger partial charge in [0.15, 0.2) is 29.2 Å². The van der Waals surface area contributed by atoms with Crippen LogP contribution in [0, 0.1) is 29.6 Å². The fourth-order valence-corrected chi connectivity index (χ4v) is 19.0. The summed E-state index contributed by atoms with van der Waals surface area (Å²) in [5, 5.41) is 19.1. The number of carbonyl (C=O) groups is 8. The number of ether oxygens (including phenoxy) is 7. The van der Waals surface area contributed by atoms with Crippen molar-refractivity contribution in [1.29, 1.82) is 0 Å². The van der Waals surface area contributed by atoms with Crippen molar-refractivity contribution in [2.24, 2.45) is 29.6 Å². The third-order valence-electron chi connectivity index (χ3n) is 26.8. The van der Waals surface area contributed by atoms with Crippen molar-refractivity contribution in [3.05, 3.63) is 143 Å². The van der Waals surface area contributed by atoms with E-state index in [1.165, 1.54) is 18.3 Å². The highest BCUT2D eigenvalue weighted by Crippen LogP contribution is 2.38. The lowest BCUT2D eigenvalue weighted by Gasteiger charge is -2.38. The first kappa shape index (κ1) is 95.7. The number of benzene rings is 2. The molecule has 2 aromatic carbocycles. The van der Waals surface area contributed by atoms with E-state index in [-0.39, 0.29) is 111 Å². The number of carbonyl (C=O) groups excluding carboxylic acids is 8. The molecule has 0 spiro atoms. The lowest BCUT2D eigenvalue weighted by Crippen LogP contribution is -2.55. The van der Waals surface area contributed by atoms with Gasteiger partial charge in [0, 0.05) is 167 Å². The number of alkyl carbamates (subject to hydrolysis) is 1. The van der Waals surface area contributed by atoms with Gasteiger partial charge in [-0.05, 0) is 155 Å². The summed E-state index contributed by atoms with van der Waals surface area (Å²) in [6.07, 6.45) is 18.9. The van der Waals surface area contributed by atoms with Crippen LogP contribution in [0.1, 0.15) is 164 Å². The number of aliphatic hydroxyl groups excluding tert-OH is 1. The summed E-state index contributed by atoms with van der Waals surface area (Å²) < 4.78 is 49.9. The molecule has 4 saturated heterocycles. The van der Waals surface area contributed by atoms with Crippen LogP contribution >= 0.6 is 0 Å². The van der Waals surface area contributed by atoms with Crippen molar-refractivity contribution in [2.75, 3.05) is 128 Å². The molecule has 702 valence electrons. The molecule has 0 radical (unpaired) electrons. The topological polar surface area (TPSA) is 426 Å². The highest BCUT2D eigenvalue weighted by atomic mass is 16.6. The molecular formula is C96H126N18O17. The SMILES string of the molecule is CO[C@H]1CC2CC[C@@H](C)C(O2)C(=O)C(=O)N2CCCC[C@H]2C(=O)O[C@H](CC[C@@H]2CC[C@@H](O)[C@H](OC)C2)CC(=O)[C@H](C)/C=C(\C)[C@@H](OC(=O)NCc2cnc(N3CCN(C(=O)CCOCCN4CCN(c5ncc(C(=O)N6CCc7cc(Cn8nc(-c9ccc%10oc(N)nc%10c9)c9c(N)ncnc98)ccc7C6)cn5)CC4)CC3)nc2)[C@@H](OC)C(=O)[C@H](C)C[C@H](C)/C=C/C=C/C=C/1C. The third kappa shape index (κ3) is 24.1. The van der Waals surface area contributed by atoms with Gasteiger partial charge in [0.05, 0.1) is 61.5 Å². The Morgan fingerprint density at radius 2 is 1.46 bits per heavy atom. The molecule has 7 aromatic rings. The monoisotopic (exact) mass is 1800 g/mol. The quantitative estimate of drug-likeness (QED) is 0.0225. The normalized spacial score (nSPS) is 27.2. The van der Waals surface area contributed by atoms with Gasteiger partial charge in [-0.3, -0.25) is 33.7 Å². The molecule has 4 amide bonds. The van der Waals surface area contributed by atoms with Gasteiger partial charge in [-0.1, -0.05) is 82.4 Å². The van der Waals surface area contributed by atoms with E-state index in [0.29, 0.717) is 205 Å². The molecule has 11 heterocycles. The Morgan fingerprint density at radius 3 is 2.21 bits per heavy atom. The number of amides is 4. The maximum atomic E-state index is 14.8. The van der Waals surface area contributed by atoms with E-state index in [4.69, 9.17) is 54.1 Å². The number of piperazine rings is 2. The molecule has 5 fully saturated rings. The molecule has 1 aliphatic carbocycles. The maximum Gasteiger partial charge on any atom is 0.408 e. The number of piperidine rings is 1. The minimum Gasteiger partial charge on any atom is -0.460 e. The zero-order valence-corrected chi connectivity index (χ0v) is 76.7. The number of Topliss-reactive ketones (excluding diaryl/α,β-unsaturated/α-hetero) is 3. The van der Waals surface area contributed by atoms with Gasteiger partial charge in [-0.25, -0.2) is 44.2 Å². The lowest BCUT2D eigenvalue weighted by molar-refractivity contribution is -0.169. The number of aliphatic hydroxyl groups is 1. The average molecular weight is 1800 g/mol. The van der Waals surface area contributed by atoms with Gasteiger partial charge < -0.3 is 84.0 Å². The molecule has 131 heavy (non-hydrogen) atoms. The molecule has 2 unspecified atom stereocenters. The van der Waals surface area contributed by atoms with Crippen LogP contribution in [-0.4, -0.2) is 278 Å². The van der Waals surface area contributed by atoms with E-state index in [2.05, 4.69) is 62.1 Å². The fraction of sp³-hybridized carbons (Fsp3) is 0.562. The molecule has 6 N–H and O–H groups in total. The molecule has 35 heteroatoms. The summed E-state index contributed by atoms with van der Waals surface area (Å²) >= 11 is 0. The Balaban J connectivity index is 0.532. The average Bonchev–Trinajstić information content (AvgIpc) is 1.61. The van der Waals surface area contributed by atoms with E-state index in [9.17, 15) is 43.5 Å². The first-order valence-corrected chi connectivity index (χ1v) is 46.2. The number of ketones is 3. The number of methoxy groups -OCH3 is 3. The van der Waals surface area contributed by atoms with Crippen LogP contribution in [0.2, 0.25) is 0 Å². The molecule has 7 aliphatic rings. The Labute approximate surface area is 763 Å². The number of anilines is 4. The predicted octanol–water partition coefficient (Wildman–Crippen LogP) is 9.37. The van der Waals surface area contributed by atoms with E-state index in [1.54, 1.807) is 65.0 Å². The minimum atomic E-state index is -1.31. The highest BCUT2D eigenvalue weighted by molar-refractivity contribution is 6.38. The minimum absolute atomic E-state index is 0.00527. The first-order chi connectivity index (χ1) is 63.3. The van der Waals surface area contributed by atoms with Gasteiger partial charge >= 0.3 is 12.1 Å². The summed E-state index contributed by atoms with van der Waals surface area (Å²) in [4.78, 5) is 158. The van der Waals surface area contributed by atoms with Gasteiger partial charge in [0.2, 0.25) is 23.6 Å². The number of aromatic nitrogens is 9. The fourth-order valence-electron chi connectivity index (χ4n) is 19.0. The van der Waals surface area contributed by atoms with Gasteiger partial charge in [0.25, 0.3) is 17.8 Å². The molecular weight excluding hydrogens is 1680 g/mol. The Hall–Kier alpha value is -11.3. The number of esters is 1. The third-order valence-corrected chi connectivity index (χ3v) is 26.8. The van der Waals surface area contributed by atoms with E-state index in [1.807, 2.05) is 95.7 Å². The molecule has 2 bridgehead atoms. The second-order valence-electron chi connectivity index (χ2n) is 36.1. The second-order valence-corrected chi connectivity index (χ2v) is 36.1. The molecule has 6 aliphatic heterocycles. The van der Waals surface area contributed by atoms with Crippen LogP contribution in [0.25, 0.3) is 33.4 Å². The zero-order valence-electron chi connectivity index (χ0n) is 76.7. The number of nitrogen functional groups attached to an aromatic ring is 2. The number of rotatable bonds is 21. The Kier molecular flexibility index (Phi) is 32.7. The van der Waals surface area contributed by atoms with Crippen LogP contribution in [0.15, 0.2) is 120 Å². The summed E-state index contributed by atoms with van der Waals surface area (Å²) in [5.41, 5.74) is 20.9. The second kappa shape index (κ2) is 44.7. The lowest BCUT2D eigenvalue weighted by atomic mass is 9.81. The number of allylic oxidation sites excluding steroid dienone is 6. The number of hydrogen-bond acceptors (Lipinski definition) is 30. The maximum absolute atomic E-state index is 14.8. The van der Waals surface area contributed by atoms with Crippen molar-refractivity contribution in [2.45, 2.75) is 212 Å². The van der Waals surface area contributed by atoms with Crippen LogP contribution in [0.3, 0.4) is 0 Å². The van der Waals surface area contributed by atoms with Crippen molar-refractivity contribution in [1.82, 2.24) is 69.6 Å². The number of oxazole rings is 1. The van der Waals surface area contributed by atoms with Crippen LogP contribution in [0.5, 0.6) is 0 Å². The number of nitrogens with two attached hydrogens (primary N) is 2.